The van der Waals surface area contributed by atoms with E-state index in [0.29, 0.717) is 44.5 Å². The molecule has 1 aromatic heterocycles. The molecule has 0 saturated carbocycles. The van der Waals surface area contributed by atoms with Crippen LogP contribution < -0.4 is 21.3 Å². The van der Waals surface area contributed by atoms with Crippen molar-refractivity contribution < 1.29 is 31.1 Å². The number of urea groups is 1. The van der Waals surface area contributed by atoms with Gasteiger partial charge in [-0.25, -0.2) is 22.9 Å². The molecule has 4 rings (SSSR count). The predicted octanol–water partition coefficient (Wildman–Crippen LogP) is 4.77. The fourth-order valence-corrected chi connectivity index (χ4v) is 3.91. The van der Waals surface area contributed by atoms with Crippen LogP contribution in [0.15, 0.2) is 36.4 Å². The largest absolute Gasteiger partial charge is 0.433 e. The smallest absolute Gasteiger partial charge is 0.368 e. The van der Waals surface area contributed by atoms with Crippen LogP contribution in [-0.2, 0) is 12.7 Å². The van der Waals surface area contributed by atoms with E-state index in [0.717, 1.165) is 18.6 Å². The summed E-state index contributed by atoms with van der Waals surface area (Å²) in [5, 5.41) is 4.54. The van der Waals surface area contributed by atoms with Crippen molar-refractivity contribution in [1.82, 2.24) is 14.9 Å². The Morgan fingerprint density at radius 1 is 0.974 bits per heavy atom. The average molecular weight is 539 g/mol. The number of rotatable bonds is 5. The Balaban J connectivity index is 1.30. The highest BCUT2D eigenvalue weighted by Gasteiger charge is 2.34. The Hall–Kier alpha value is -4.07. The lowest BCUT2D eigenvalue weighted by Gasteiger charge is -2.35. The minimum absolute atomic E-state index is 0.120. The van der Waals surface area contributed by atoms with E-state index < -0.39 is 52.6 Å². The molecule has 0 atom stereocenters. The molecule has 0 bridgehead atoms. The van der Waals surface area contributed by atoms with Gasteiger partial charge in [0.05, 0.1) is 5.69 Å². The summed E-state index contributed by atoms with van der Waals surface area (Å²) < 4.78 is 80.5. The minimum atomic E-state index is -4.62. The van der Waals surface area contributed by atoms with E-state index in [1.165, 1.54) is 0 Å². The third-order valence-corrected chi connectivity index (χ3v) is 5.97. The summed E-state index contributed by atoms with van der Waals surface area (Å²) in [4.78, 5) is 23.2. The number of alkyl halides is 3. The maximum Gasteiger partial charge on any atom is 0.433 e. The second-order valence-electron chi connectivity index (χ2n) is 8.67. The number of nitrogens with two attached hydrogens (primary N) is 1. The van der Waals surface area contributed by atoms with Crippen molar-refractivity contribution in [3.63, 3.8) is 0 Å². The molecule has 202 valence electrons. The van der Waals surface area contributed by atoms with Crippen molar-refractivity contribution in [2.75, 3.05) is 47.4 Å². The third kappa shape index (κ3) is 6.25. The Morgan fingerprint density at radius 2 is 1.63 bits per heavy atom. The van der Waals surface area contributed by atoms with Crippen molar-refractivity contribution in [2.24, 2.45) is 0 Å². The highest BCUT2D eigenvalue weighted by molar-refractivity contribution is 5.99. The maximum absolute atomic E-state index is 14.0. The van der Waals surface area contributed by atoms with Gasteiger partial charge < -0.3 is 21.3 Å². The normalized spacial score (nSPS) is 14.4. The molecule has 2 heterocycles. The van der Waals surface area contributed by atoms with E-state index in [1.54, 1.807) is 29.2 Å². The van der Waals surface area contributed by atoms with E-state index in [-0.39, 0.29) is 5.82 Å². The number of benzene rings is 2. The first-order valence-corrected chi connectivity index (χ1v) is 11.4. The van der Waals surface area contributed by atoms with Crippen LogP contribution in [0, 0.1) is 24.4 Å². The number of aromatic nitrogens is 2. The van der Waals surface area contributed by atoms with Crippen molar-refractivity contribution >= 4 is 29.2 Å². The van der Waals surface area contributed by atoms with Gasteiger partial charge in [0.2, 0.25) is 5.95 Å². The fraction of sp³-hybridized carbons (Fsp3) is 0.292. The molecule has 1 fully saturated rings. The highest BCUT2D eigenvalue weighted by Crippen LogP contribution is 2.30. The van der Waals surface area contributed by atoms with E-state index >= 15 is 0 Å². The van der Waals surface area contributed by atoms with E-state index in [9.17, 15) is 31.1 Å². The summed E-state index contributed by atoms with van der Waals surface area (Å²) in [6.45, 7) is 3.62. The first-order chi connectivity index (χ1) is 17.9. The minimum Gasteiger partial charge on any atom is -0.368 e. The molecule has 1 aliphatic rings. The highest BCUT2D eigenvalue weighted by atomic mass is 19.4. The molecule has 1 aliphatic heterocycles. The SMILES string of the molecule is Cc1c(F)cc(NC(=O)Nc2ccc(CN3CCN(c4cc(C(F)(F)F)nc(N)n4)CC3)cc2)c(F)c1F. The first kappa shape index (κ1) is 27.0. The van der Waals surface area contributed by atoms with Gasteiger partial charge in [-0.1, -0.05) is 12.1 Å². The van der Waals surface area contributed by atoms with Crippen LogP contribution in [0.3, 0.4) is 0 Å². The molecular weight excluding hydrogens is 516 g/mol. The van der Waals surface area contributed by atoms with E-state index in [2.05, 4.69) is 25.5 Å². The van der Waals surface area contributed by atoms with Crippen molar-refractivity contribution in [2.45, 2.75) is 19.6 Å². The number of hydrogen-bond acceptors (Lipinski definition) is 6. The van der Waals surface area contributed by atoms with Crippen molar-refractivity contribution in [3.8, 4) is 0 Å². The number of halogens is 6. The van der Waals surface area contributed by atoms with Gasteiger partial charge in [-0.15, -0.1) is 0 Å². The zero-order chi connectivity index (χ0) is 27.6. The second-order valence-corrected chi connectivity index (χ2v) is 8.67. The number of amides is 2. The van der Waals surface area contributed by atoms with Crippen LogP contribution in [0.25, 0.3) is 0 Å². The van der Waals surface area contributed by atoms with Crippen LogP contribution in [0.2, 0.25) is 0 Å². The Morgan fingerprint density at radius 3 is 2.26 bits per heavy atom. The van der Waals surface area contributed by atoms with E-state index in [4.69, 9.17) is 5.73 Å². The maximum atomic E-state index is 14.0. The number of carbonyl (C=O) groups excluding carboxylic acids is 1. The van der Waals surface area contributed by atoms with Crippen molar-refractivity contribution in [3.05, 3.63) is 70.7 Å². The van der Waals surface area contributed by atoms with E-state index in [1.807, 2.05) is 0 Å². The molecule has 0 aliphatic carbocycles. The van der Waals surface area contributed by atoms with Crippen LogP contribution in [-0.4, -0.2) is 47.1 Å². The molecule has 14 heteroatoms. The Bertz CT molecular complexity index is 1330. The van der Waals surface area contributed by atoms with Gasteiger partial charge in [-0.05, 0) is 24.6 Å². The number of anilines is 4. The standard InChI is InChI=1S/C24H23F6N7O/c1-13-16(25)10-17(21(27)20(13)26)33-23(38)32-15-4-2-14(3-5-15)12-36-6-8-37(9-7-36)19-11-18(24(28,29)30)34-22(31)35-19/h2-5,10-11H,6-9,12H2,1H3,(H2,31,34,35)(H2,32,33,38). The van der Waals surface area contributed by atoms with Crippen LogP contribution in [0.5, 0.6) is 0 Å². The zero-order valence-electron chi connectivity index (χ0n) is 20.0. The van der Waals surface area contributed by atoms with Crippen LogP contribution in [0.4, 0.5) is 54.3 Å². The topological polar surface area (TPSA) is 99.4 Å². The summed E-state index contributed by atoms with van der Waals surface area (Å²) in [5.41, 5.74) is 4.53. The number of nitrogens with zero attached hydrogens (tertiary/aromatic N) is 4. The quantitative estimate of drug-likeness (QED) is 0.319. The van der Waals surface area contributed by atoms with Gasteiger partial charge in [0.1, 0.15) is 11.6 Å². The molecule has 1 saturated heterocycles. The number of piperazine rings is 1. The first-order valence-electron chi connectivity index (χ1n) is 11.4. The molecule has 2 aromatic carbocycles. The molecule has 8 nitrogen and oxygen atoms in total. The van der Waals surface area contributed by atoms with Crippen molar-refractivity contribution in [1.29, 1.82) is 0 Å². The summed E-state index contributed by atoms with van der Waals surface area (Å²) in [6, 6.07) is 7.44. The molecule has 4 N–H and O–H groups in total. The summed E-state index contributed by atoms with van der Waals surface area (Å²) >= 11 is 0. The monoisotopic (exact) mass is 539 g/mol. The zero-order valence-corrected chi connectivity index (χ0v) is 20.0. The predicted molar refractivity (Wildman–Crippen MR) is 129 cm³/mol. The van der Waals surface area contributed by atoms with Gasteiger partial charge in [0.25, 0.3) is 0 Å². The molecule has 0 spiro atoms. The Labute approximate surface area is 213 Å². The van der Waals surface area contributed by atoms with Gasteiger partial charge >= 0.3 is 12.2 Å². The van der Waals surface area contributed by atoms with Gasteiger partial charge in [0, 0.05) is 56.1 Å². The third-order valence-electron chi connectivity index (χ3n) is 5.97. The molecule has 38 heavy (non-hydrogen) atoms. The average Bonchev–Trinajstić information content (AvgIpc) is 2.86. The number of nitrogens with one attached hydrogen (secondary N) is 2. The van der Waals surface area contributed by atoms with Gasteiger partial charge in [-0.3, -0.25) is 4.90 Å². The van der Waals surface area contributed by atoms with Crippen LogP contribution in [0.1, 0.15) is 16.8 Å². The molecule has 3 aromatic rings. The summed E-state index contributed by atoms with van der Waals surface area (Å²) in [6.07, 6.45) is -4.62. The molecular formula is C24H23F6N7O. The molecule has 2 amide bonds. The number of hydrogen-bond donors (Lipinski definition) is 3. The number of nitrogen functional groups attached to an aromatic ring is 1. The second kappa shape index (κ2) is 10.7. The summed E-state index contributed by atoms with van der Waals surface area (Å²) in [7, 11) is 0. The number of carbonyl (C=O) groups is 1. The lowest BCUT2D eigenvalue weighted by Crippen LogP contribution is -2.46. The molecule has 0 unspecified atom stereocenters. The van der Waals surface area contributed by atoms with Crippen LogP contribution >= 0.6 is 0 Å². The molecule has 0 radical (unpaired) electrons. The Kier molecular flexibility index (Phi) is 7.62. The van der Waals surface area contributed by atoms with Gasteiger partial charge in [-0.2, -0.15) is 18.2 Å². The lowest BCUT2D eigenvalue weighted by molar-refractivity contribution is -0.141. The fourth-order valence-electron chi connectivity index (χ4n) is 3.91. The van der Waals surface area contributed by atoms with Gasteiger partial charge in [0.15, 0.2) is 17.3 Å². The summed E-state index contributed by atoms with van der Waals surface area (Å²) in [5.74, 6) is -4.05. The lowest BCUT2D eigenvalue weighted by atomic mass is 10.1.